The normalized spacial score (nSPS) is 10.7. The fraction of sp³-hybridized carbons (Fsp3) is 0.500. The van der Waals surface area contributed by atoms with Gasteiger partial charge in [0.05, 0.1) is 0 Å². The van der Waals surface area contributed by atoms with Crippen molar-refractivity contribution in [2.24, 2.45) is 0 Å². The second-order valence-corrected chi connectivity index (χ2v) is 1.67. The van der Waals surface area contributed by atoms with Gasteiger partial charge in [0.2, 0.25) is 0 Å². The second-order valence-electron chi connectivity index (χ2n) is 1.67. The lowest BCUT2D eigenvalue weighted by Crippen LogP contribution is -2.07. The molecule has 0 aliphatic heterocycles. The van der Waals surface area contributed by atoms with E-state index in [4.69, 9.17) is 0 Å². The van der Waals surface area contributed by atoms with Gasteiger partial charge in [-0.25, -0.2) is 0 Å². The molecule has 70 valence electrons. The minimum absolute atomic E-state index is 0. The first-order valence-electron chi connectivity index (χ1n) is 2.62. The first kappa shape index (κ1) is 11.0. The Kier molecular flexibility index (Phi) is 3.32. The van der Waals surface area contributed by atoms with Crippen LogP contribution in [0.15, 0.2) is 4.52 Å². The first-order chi connectivity index (χ1) is 5.04. The number of alkyl halides is 3. The van der Waals surface area contributed by atoms with Crippen molar-refractivity contribution < 1.29 is 17.7 Å². The summed E-state index contributed by atoms with van der Waals surface area (Å²) in [6, 6.07) is -0.252. The smallest absolute Gasteiger partial charge is 0.341 e. The van der Waals surface area contributed by atoms with Gasteiger partial charge in [-0.3, -0.25) is 0 Å². The highest BCUT2D eigenvalue weighted by molar-refractivity contribution is 5.85. The average Bonchev–Trinajstić information content (AvgIpc) is 2.32. The van der Waals surface area contributed by atoms with Crippen LogP contribution in [0.25, 0.3) is 0 Å². The fourth-order valence-electron chi connectivity index (χ4n) is 0.440. The molecule has 0 aliphatic rings. The summed E-state index contributed by atoms with van der Waals surface area (Å²) in [5.74, 6) is -1.28. The van der Waals surface area contributed by atoms with Crippen LogP contribution in [0.2, 0.25) is 0 Å². The molecular formula is C4H5ClF3N3O. The lowest BCUT2D eigenvalue weighted by molar-refractivity contribution is -0.146. The Balaban J connectivity index is 0.00000121. The SMILES string of the molecule is CNc1nc(C(F)(F)F)no1.Cl. The van der Waals surface area contributed by atoms with Crippen LogP contribution in [-0.2, 0) is 6.18 Å². The van der Waals surface area contributed by atoms with Gasteiger partial charge in [-0.15, -0.1) is 12.4 Å². The van der Waals surface area contributed by atoms with Crippen LogP contribution in [0.4, 0.5) is 19.2 Å². The molecule has 0 amide bonds. The molecule has 0 bridgehead atoms. The van der Waals surface area contributed by atoms with Gasteiger partial charge >= 0.3 is 12.2 Å². The maximum absolute atomic E-state index is 11.7. The minimum atomic E-state index is -4.54. The van der Waals surface area contributed by atoms with Crippen LogP contribution in [0.5, 0.6) is 0 Å². The molecular weight excluding hydrogens is 199 g/mol. The maximum Gasteiger partial charge on any atom is 0.455 e. The largest absolute Gasteiger partial charge is 0.455 e. The third-order valence-corrected chi connectivity index (χ3v) is 0.893. The van der Waals surface area contributed by atoms with E-state index in [9.17, 15) is 13.2 Å². The first-order valence-corrected chi connectivity index (χ1v) is 2.62. The molecule has 1 aromatic heterocycles. The maximum atomic E-state index is 11.7. The van der Waals surface area contributed by atoms with E-state index in [1.54, 1.807) is 0 Å². The summed E-state index contributed by atoms with van der Waals surface area (Å²) in [4.78, 5) is 2.99. The third kappa shape index (κ3) is 2.26. The number of hydrogen-bond acceptors (Lipinski definition) is 4. The Morgan fingerprint density at radius 1 is 1.42 bits per heavy atom. The zero-order valence-electron chi connectivity index (χ0n) is 5.84. The van der Waals surface area contributed by atoms with Gasteiger partial charge in [0.25, 0.3) is 5.82 Å². The zero-order chi connectivity index (χ0) is 8.48. The number of hydrogen-bond donors (Lipinski definition) is 1. The molecule has 0 aromatic carbocycles. The number of nitrogens with one attached hydrogen (secondary N) is 1. The highest BCUT2D eigenvalue weighted by Crippen LogP contribution is 2.26. The van der Waals surface area contributed by atoms with Crippen LogP contribution < -0.4 is 5.32 Å². The summed E-state index contributed by atoms with van der Waals surface area (Å²) in [5.41, 5.74) is 0. The van der Waals surface area contributed by atoms with Gasteiger partial charge in [-0.2, -0.15) is 18.2 Å². The lowest BCUT2D eigenvalue weighted by Gasteiger charge is -1.95. The molecule has 0 saturated heterocycles. The number of rotatable bonds is 1. The van der Waals surface area contributed by atoms with E-state index in [-0.39, 0.29) is 18.4 Å². The second kappa shape index (κ2) is 3.61. The van der Waals surface area contributed by atoms with Crippen LogP contribution in [0.3, 0.4) is 0 Å². The fourth-order valence-corrected chi connectivity index (χ4v) is 0.440. The van der Waals surface area contributed by atoms with E-state index in [0.29, 0.717) is 0 Å². The van der Waals surface area contributed by atoms with Crippen LogP contribution in [0, 0.1) is 0 Å². The summed E-state index contributed by atoms with van der Waals surface area (Å²) in [6.07, 6.45) is -4.54. The van der Waals surface area contributed by atoms with Crippen molar-refractivity contribution in [3.8, 4) is 0 Å². The molecule has 1 rings (SSSR count). The van der Waals surface area contributed by atoms with Gasteiger partial charge in [-0.1, -0.05) is 0 Å². The van der Waals surface area contributed by atoms with Gasteiger partial charge in [0.15, 0.2) is 0 Å². The third-order valence-electron chi connectivity index (χ3n) is 0.893. The van der Waals surface area contributed by atoms with Crippen molar-refractivity contribution in [1.29, 1.82) is 0 Å². The van der Waals surface area contributed by atoms with E-state index in [2.05, 4.69) is 20.0 Å². The van der Waals surface area contributed by atoms with Crippen LogP contribution >= 0.6 is 12.4 Å². The standard InChI is InChI=1S/C4H4F3N3O.ClH/c1-8-3-9-2(10-11-3)4(5,6)7;/h1H3,(H,8,9,10);1H. The van der Waals surface area contributed by atoms with Crippen molar-refractivity contribution in [3.63, 3.8) is 0 Å². The van der Waals surface area contributed by atoms with E-state index >= 15 is 0 Å². The summed E-state index contributed by atoms with van der Waals surface area (Å²) in [7, 11) is 1.38. The number of anilines is 1. The molecule has 0 aliphatic carbocycles. The number of halogens is 4. The zero-order valence-corrected chi connectivity index (χ0v) is 6.66. The molecule has 1 N–H and O–H groups in total. The molecule has 1 heterocycles. The number of nitrogens with zero attached hydrogens (tertiary/aromatic N) is 2. The Labute approximate surface area is 71.5 Å². The molecule has 12 heavy (non-hydrogen) atoms. The molecule has 0 radical (unpaired) electrons. The topological polar surface area (TPSA) is 51.0 Å². The predicted octanol–water partition coefficient (Wildman–Crippen LogP) is 1.55. The molecule has 0 spiro atoms. The lowest BCUT2D eigenvalue weighted by atomic mass is 10.6. The average molecular weight is 204 g/mol. The molecule has 0 unspecified atom stereocenters. The summed E-state index contributed by atoms with van der Waals surface area (Å²) in [5, 5.41) is 4.96. The molecule has 0 fully saturated rings. The quantitative estimate of drug-likeness (QED) is 0.753. The molecule has 0 atom stereocenters. The summed E-state index contributed by atoms with van der Waals surface area (Å²) < 4.78 is 39.3. The summed E-state index contributed by atoms with van der Waals surface area (Å²) >= 11 is 0. The minimum Gasteiger partial charge on any atom is -0.341 e. The van der Waals surface area contributed by atoms with Crippen molar-refractivity contribution in [2.45, 2.75) is 6.18 Å². The van der Waals surface area contributed by atoms with E-state index in [0.717, 1.165) is 0 Å². The predicted molar refractivity (Wildman–Crippen MR) is 36.1 cm³/mol. The molecule has 1 aromatic rings. The highest BCUT2D eigenvalue weighted by Gasteiger charge is 2.37. The summed E-state index contributed by atoms with van der Waals surface area (Å²) in [6.45, 7) is 0. The van der Waals surface area contributed by atoms with Crippen LogP contribution in [-0.4, -0.2) is 17.2 Å². The number of aromatic nitrogens is 2. The van der Waals surface area contributed by atoms with Gasteiger partial charge in [0.1, 0.15) is 0 Å². The molecule has 0 saturated carbocycles. The Morgan fingerprint density at radius 3 is 2.25 bits per heavy atom. The van der Waals surface area contributed by atoms with E-state index in [1.807, 2.05) is 0 Å². The van der Waals surface area contributed by atoms with E-state index < -0.39 is 12.0 Å². The highest BCUT2D eigenvalue weighted by atomic mass is 35.5. The Hall–Kier alpha value is -0.980. The Morgan fingerprint density at radius 2 is 2.00 bits per heavy atom. The van der Waals surface area contributed by atoms with Crippen molar-refractivity contribution in [1.82, 2.24) is 10.1 Å². The molecule has 8 heteroatoms. The van der Waals surface area contributed by atoms with Crippen molar-refractivity contribution in [3.05, 3.63) is 5.82 Å². The Bertz CT molecular complexity index is 248. The van der Waals surface area contributed by atoms with Gasteiger partial charge in [-0.05, 0) is 5.16 Å². The molecule has 4 nitrogen and oxygen atoms in total. The van der Waals surface area contributed by atoms with E-state index in [1.165, 1.54) is 7.05 Å². The van der Waals surface area contributed by atoms with Gasteiger partial charge in [0, 0.05) is 7.05 Å². The van der Waals surface area contributed by atoms with Crippen LogP contribution in [0.1, 0.15) is 5.82 Å². The van der Waals surface area contributed by atoms with Gasteiger partial charge < -0.3 is 9.84 Å². The van der Waals surface area contributed by atoms with Crippen molar-refractivity contribution >= 4 is 18.4 Å². The monoisotopic (exact) mass is 203 g/mol. The van der Waals surface area contributed by atoms with Crippen molar-refractivity contribution in [2.75, 3.05) is 12.4 Å².